The molecule has 0 aliphatic rings. The van der Waals surface area contributed by atoms with Crippen LogP contribution >= 0.6 is 0 Å². The van der Waals surface area contributed by atoms with Crippen LogP contribution in [-0.2, 0) is 0 Å². The molecule has 31 heavy (non-hydrogen) atoms. The van der Waals surface area contributed by atoms with Gasteiger partial charge in [-0.3, -0.25) is 4.79 Å². The minimum atomic E-state index is -0.149. The summed E-state index contributed by atoms with van der Waals surface area (Å²) in [6, 6.07) is 18.4. The summed E-state index contributed by atoms with van der Waals surface area (Å²) in [5, 5.41) is 7.09. The van der Waals surface area contributed by atoms with E-state index in [9.17, 15) is 4.79 Å². The van der Waals surface area contributed by atoms with E-state index in [2.05, 4.69) is 20.6 Å². The third kappa shape index (κ3) is 4.25. The van der Waals surface area contributed by atoms with Gasteiger partial charge in [0.15, 0.2) is 11.5 Å². The molecule has 0 unspecified atom stereocenters. The molecule has 4 rings (SSSR count). The van der Waals surface area contributed by atoms with Crippen LogP contribution in [0, 0.1) is 6.92 Å². The maximum atomic E-state index is 12.4. The summed E-state index contributed by atoms with van der Waals surface area (Å²) in [6.07, 6.45) is 1.50. The van der Waals surface area contributed by atoms with Gasteiger partial charge in [0.2, 0.25) is 0 Å². The maximum absolute atomic E-state index is 12.4. The molecule has 0 fully saturated rings. The zero-order valence-corrected chi connectivity index (χ0v) is 17.5. The first-order valence-electron chi connectivity index (χ1n) is 9.70. The summed E-state index contributed by atoms with van der Waals surface area (Å²) in [4.78, 5) is 21.1. The van der Waals surface area contributed by atoms with Gasteiger partial charge in [0, 0.05) is 28.4 Å². The van der Waals surface area contributed by atoms with Crippen LogP contribution in [0.2, 0.25) is 0 Å². The second kappa shape index (κ2) is 8.71. The highest BCUT2D eigenvalue weighted by atomic mass is 16.5. The summed E-state index contributed by atoms with van der Waals surface area (Å²) in [5.41, 5.74) is 3.89. The fourth-order valence-corrected chi connectivity index (χ4v) is 3.28. The number of anilines is 3. The third-order valence-electron chi connectivity index (χ3n) is 4.91. The van der Waals surface area contributed by atoms with Gasteiger partial charge >= 0.3 is 0 Å². The van der Waals surface area contributed by atoms with E-state index < -0.39 is 0 Å². The van der Waals surface area contributed by atoms with E-state index in [1.165, 1.54) is 6.33 Å². The Balaban J connectivity index is 1.60. The van der Waals surface area contributed by atoms with E-state index in [0.29, 0.717) is 22.9 Å². The average molecular weight is 414 g/mol. The number of amides is 1. The van der Waals surface area contributed by atoms with Crippen LogP contribution in [0.25, 0.3) is 10.9 Å². The highest BCUT2D eigenvalue weighted by molar-refractivity contribution is 6.04. The van der Waals surface area contributed by atoms with Crippen LogP contribution in [0.5, 0.6) is 11.5 Å². The molecule has 4 aromatic rings. The highest BCUT2D eigenvalue weighted by Gasteiger charge is 2.12. The summed E-state index contributed by atoms with van der Waals surface area (Å²) >= 11 is 0. The number of fused-ring (bicyclic) bond motifs is 1. The Kier molecular flexibility index (Phi) is 5.66. The van der Waals surface area contributed by atoms with E-state index in [-0.39, 0.29) is 5.91 Å². The van der Waals surface area contributed by atoms with E-state index in [1.807, 2.05) is 55.5 Å². The fraction of sp³-hybridized carbons (Fsp3) is 0.125. The van der Waals surface area contributed by atoms with E-state index in [4.69, 9.17) is 9.47 Å². The number of hydrogen-bond acceptors (Lipinski definition) is 6. The lowest BCUT2D eigenvalue weighted by molar-refractivity contribution is 0.102. The number of aryl methyl sites for hydroxylation is 1. The number of carbonyl (C=O) groups excluding carboxylic acids is 1. The maximum Gasteiger partial charge on any atom is 0.255 e. The lowest BCUT2D eigenvalue weighted by Crippen LogP contribution is -2.11. The molecule has 0 radical (unpaired) electrons. The Morgan fingerprint density at radius 2 is 1.65 bits per heavy atom. The number of hydrogen-bond donors (Lipinski definition) is 2. The van der Waals surface area contributed by atoms with E-state index in [1.54, 1.807) is 26.4 Å². The molecule has 7 heteroatoms. The molecule has 0 aliphatic heterocycles. The van der Waals surface area contributed by atoms with Crippen molar-refractivity contribution in [3.8, 4) is 11.5 Å². The van der Waals surface area contributed by atoms with E-state index in [0.717, 1.165) is 27.8 Å². The Labute approximate surface area is 180 Å². The number of methoxy groups -OCH3 is 2. The molecule has 1 aromatic heterocycles. The number of nitrogens with one attached hydrogen (secondary N) is 2. The number of carbonyl (C=O) groups is 1. The number of ether oxygens (including phenoxy) is 2. The topological polar surface area (TPSA) is 85.4 Å². The van der Waals surface area contributed by atoms with Crippen molar-refractivity contribution < 1.29 is 14.3 Å². The van der Waals surface area contributed by atoms with Crippen LogP contribution in [-0.4, -0.2) is 30.1 Å². The van der Waals surface area contributed by atoms with Gasteiger partial charge in [0.1, 0.15) is 12.1 Å². The van der Waals surface area contributed by atoms with Crippen molar-refractivity contribution in [2.45, 2.75) is 6.92 Å². The molecule has 0 atom stereocenters. The zero-order valence-electron chi connectivity index (χ0n) is 17.5. The van der Waals surface area contributed by atoms with Gasteiger partial charge in [-0.25, -0.2) is 9.97 Å². The van der Waals surface area contributed by atoms with Crippen molar-refractivity contribution in [3.05, 3.63) is 78.1 Å². The highest BCUT2D eigenvalue weighted by Crippen LogP contribution is 2.35. The molecular weight excluding hydrogens is 392 g/mol. The lowest BCUT2D eigenvalue weighted by Gasteiger charge is -2.14. The molecule has 7 nitrogen and oxygen atoms in total. The fourth-order valence-electron chi connectivity index (χ4n) is 3.28. The smallest absolute Gasteiger partial charge is 0.255 e. The predicted octanol–water partition coefficient (Wildman–Crippen LogP) is 4.95. The largest absolute Gasteiger partial charge is 0.493 e. The second-order valence-corrected chi connectivity index (χ2v) is 6.92. The molecule has 1 amide bonds. The molecule has 0 aliphatic carbocycles. The van der Waals surface area contributed by atoms with Crippen molar-refractivity contribution in [2.24, 2.45) is 0 Å². The van der Waals surface area contributed by atoms with Crippen molar-refractivity contribution in [1.82, 2.24) is 9.97 Å². The minimum Gasteiger partial charge on any atom is -0.493 e. The quantitative estimate of drug-likeness (QED) is 0.464. The zero-order chi connectivity index (χ0) is 21.8. The average Bonchev–Trinajstić information content (AvgIpc) is 2.80. The molecular formula is C24H22N4O3. The van der Waals surface area contributed by atoms with Crippen LogP contribution < -0.4 is 20.1 Å². The molecule has 0 spiro atoms. The van der Waals surface area contributed by atoms with Crippen molar-refractivity contribution in [1.29, 1.82) is 0 Å². The molecule has 3 aromatic carbocycles. The monoisotopic (exact) mass is 414 g/mol. The Morgan fingerprint density at radius 1 is 0.903 bits per heavy atom. The van der Waals surface area contributed by atoms with Crippen molar-refractivity contribution in [3.63, 3.8) is 0 Å². The first-order valence-corrected chi connectivity index (χ1v) is 9.70. The number of nitrogens with zero attached hydrogens (tertiary/aromatic N) is 2. The molecule has 1 heterocycles. The van der Waals surface area contributed by atoms with Crippen molar-refractivity contribution in [2.75, 3.05) is 24.9 Å². The summed E-state index contributed by atoms with van der Waals surface area (Å²) in [5.74, 6) is 1.71. The van der Waals surface area contributed by atoms with Gasteiger partial charge in [-0.1, -0.05) is 18.2 Å². The number of benzene rings is 3. The van der Waals surface area contributed by atoms with Gasteiger partial charge in [-0.2, -0.15) is 0 Å². The van der Waals surface area contributed by atoms with Crippen molar-refractivity contribution >= 4 is 34.0 Å². The van der Waals surface area contributed by atoms with Gasteiger partial charge in [0.05, 0.1) is 19.7 Å². The van der Waals surface area contributed by atoms with Gasteiger partial charge < -0.3 is 20.1 Å². The van der Waals surface area contributed by atoms with Crippen LogP contribution in [0.3, 0.4) is 0 Å². The van der Waals surface area contributed by atoms with Gasteiger partial charge in [0.25, 0.3) is 5.91 Å². The first kappa shape index (κ1) is 20.2. The summed E-state index contributed by atoms with van der Waals surface area (Å²) in [6.45, 7) is 1.97. The van der Waals surface area contributed by atoms with Crippen LogP contribution in [0.1, 0.15) is 15.9 Å². The molecule has 0 saturated heterocycles. The Morgan fingerprint density at radius 3 is 2.35 bits per heavy atom. The molecule has 0 bridgehead atoms. The molecule has 0 saturated carbocycles. The Bertz CT molecular complexity index is 1240. The predicted molar refractivity (Wildman–Crippen MR) is 121 cm³/mol. The molecule has 156 valence electrons. The lowest BCUT2D eigenvalue weighted by atomic mass is 10.1. The van der Waals surface area contributed by atoms with Gasteiger partial charge in [-0.15, -0.1) is 0 Å². The Hall–Kier alpha value is -4.13. The minimum absolute atomic E-state index is 0.149. The number of aromatic nitrogens is 2. The second-order valence-electron chi connectivity index (χ2n) is 6.92. The van der Waals surface area contributed by atoms with Gasteiger partial charge in [-0.05, 0) is 48.9 Å². The standard InChI is InChI=1S/C24H22N4O3/c1-15-11-17(27-24(29)16-7-5-4-6-8-16)9-10-19(15)28-23-18-12-21(30-2)22(31-3)13-20(18)25-14-26-23/h4-14H,1-3H3,(H,27,29)(H,25,26,28). The van der Waals surface area contributed by atoms with E-state index >= 15 is 0 Å². The third-order valence-corrected chi connectivity index (χ3v) is 4.91. The molecule has 2 N–H and O–H groups in total. The van der Waals surface area contributed by atoms with Crippen LogP contribution in [0.4, 0.5) is 17.2 Å². The normalized spacial score (nSPS) is 10.5. The number of rotatable bonds is 6. The summed E-state index contributed by atoms with van der Waals surface area (Å²) in [7, 11) is 3.18. The SMILES string of the molecule is COc1cc2ncnc(Nc3ccc(NC(=O)c4ccccc4)cc3C)c2cc1OC. The first-order chi connectivity index (χ1) is 15.1. The summed E-state index contributed by atoms with van der Waals surface area (Å²) < 4.78 is 10.8. The van der Waals surface area contributed by atoms with Crippen LogP contribution in [0.15, 0.2) is 67.0 Å².